The number of benzene rings is 1. The van der Waals surface area contributed by atoms with Crippen LogP contribution in [0.25, 0.3) is 0 Å². The molecular weight excluding hydrogens is 330 g/mol. The van der Waals surface area contributed by atoms with Gasteiger partial charge >= 0.3 is 0 Å². The van der Waals surface area contributed by atoms with Gasteiger partial charge in [-0.2, -0.15) is 0 Å². The number of carbonyl (C=O) groups excluding carboxylic acids is 2. The smallest absolute Gasteiger partial charge is 0.253 e. The van der Waals surface area contributed by atoms with Crippen molar-refractivity contribution in [2.45, 2.75) is 27.3 Å². The van der Waals surface area contributed by atoms with Gasteiger partial charge in [-0.15, -0.1) is 0 Å². The summed E-state index contributed by atoms with van der Waals surface area (Å²) in [6, 6.07) is 10.8. The minimum Gasteiger partial charge on any atom is -0.465 e. The highest BCUT2D eigenvalue weighted by atomic mass is 16.3. The molecule has 0 aliphatic heterocycles. The summed E-state index contributed by atoms with van der Waals surface area (Å²) in [4.78, 5) is 28.1. The molecule has 1 aromatic carbocycles. The number of amides is 2. The van der Waals surface area contributed by atoms with Crippen LogP contribution in [0.5, 0.6) is 0 Å². The number of rotatable bonds is 8. The van der Waals surface area contributed by atoms with E-state index < -0.39 is 0 Å². The number of hydrogen-bond acceptors (Lipinski definition) is 4. The number of furan rings is 1. The van der Waals surface area contributed by atoms with Crippen molar-refractivity contribution in [3.63, 3.8) is 0 Å². The van der Waals surface area contributed by atoms with Crippen LogP contribution in [0.3, 0.4) is 0 Å². The molecular formula is C20H27N3O3. The van der Waals surface area contributed by atoms with Gasteiger partial charge in [0.25, 0.3) is 5.91 Å². The molecule has 0 saturated heterocycles. The van der Waals surface area contributed by atoms with E-state index in [1.165, 1.54) is 0 Å². The molecule has 0 fully saturated rings. The topological polar surface area (TPSA) is 65.8 Å². The second-order valence-corrected chi connectivity index (χ2v) is 6.29. The highest BCUT2D eigenvalue weighted by Gasteiger charge is 2.13. The van der Waals surface area contributed by atoms with Crippen molar-refractivity contribution in [2.75, 3.05) is 32.0 Å². The largest absolute Gasteiger partial charge is 0.465 e. The lowest BCUT2D eigenvalue weighted by molar-refractivity contribution is -0.117. The Morgan fingerprint density at radius 2 is 1.69 bits per heavy atom. The van der Waals surface area contributed by atoms with E-state index in [-0.39, 0.29) is 18.4 Å². The minimum atomic E-state index is -0.112. The monoisotopic (exact) mass is 357 g/mol. The standard InChI is InChI=1S/C20H27N3O3/c1-5-23(6-2)20(25)16-8-10-17(11-9-16)21-19(24)14-22(4)13-18-12-7-15(3)26-18/h7-12H,5-6,13-14H2,1-4H3,(H,21,24). The van der Waals surface area contributed by atoms with Crippen LogP contribution in [0.15, 0.2) is 40.8 Å². The lowest BCUT2D eigenvalue weighted by atomic mass is 10.1. The Hall–Kier alpha value is -2.60. The predicted octanol–water partition coefficient (Wildman–Crippen LogP) is 3.14. The maximum absolute atomic E-state index is 12.3. The van der Waals surface area contributed by atoms with Gasteiger partial charge in [0.1, 0.15) is 11.5 Å². The zero-order valence-corrected chi connectivity index (χ0v) is 15.9. The fraction of sp³-hybridized carbons (Fsp3) is 0.400. The van der Waals surface area contributed by atoms with Gasteiger partial charge in [-0.25, -0.2) is 0 Å². The van der Waals surface area contributed by atoms with Crippen LogP contribution >= 0.6 is 0 Å². The van der Waals surface area contributed by atoms with E-state index >= 15 is 0 Å². The molecule has 26 heavy (non-hydrogen) atoms. The Morgan fingerprint density at radius 1 is 1.04 bits per heavy atom. The van der Waals surface area contributed by atoms with Crippen LogP contribution in [-0.4, -0.2) is 48.3 Å². The SMILES string of the molecule is CCN(CC)C(=O)c1ccc(NC(=O)CN(C)Cc2ccc(C)o2)cc1. The summed E-state index contributed by atoms with van der Waals surface area (Å²) < 4.78 is 5.52. The van der Waals surface area contributed by atoms with Gasteiger partial charge in [0.15, 0.2) is 0 Å². The van der Waals surface area contributed by atoms with Crippen molar-refractivity contribution in [3.05, 3.63) is 53.5 Å². The predicted molar refractivity (Wildman–Crippen MR) is 102 cm³/mol. The summed E-state index contributed by atoms with van der Waals surface area (Å²) in [7, 11) is 1.86. The number of carbonyl (C=O) groups is 2. The fourth-order valence-electron chi connectivity index (χ4n) is 2.73. The summed E-state index contributed by atoms with van der Waals surface area (Å²) in [5, 5.41) is 2.85. The Morgan fingerprint density at radius 3 is 2.23 bits per heavy atom. The molecule has 0 spiro atoms. The molecule has 0 aliphatic carbocycles. The number of aryl methyl sites for hydroxylation is 1. The average molecular weight is 357 g/mol. The van der Waals surface area contributed by atoms with Crippen LogP contribution in [0.1, 0.15) is 35.7 Å². The van der Waals surface area contributed by atoms with E-state index in [0.29, 0.717) is 30.9 Å². The van der Waals surface area contributed by atoms with Crippen molar-refractivity contribution in [1.29, 1.82) is 0 Å². The third kappa shape index (κ3) is 5.46. The molecule has 2 aromatic rings. The van der Waals surface area contributed by atoms with Gasteiger partial charge < -0.3 is 14.6 Å². The molecule has 1 heterocycles. The van der Waals surface area contributed by atoms with E-state index in [2.05, 4.69) is 5.32 Å². The Kier molecular flexibility index (Phi) is 6.97. The lowest BCUT2D eigenvalue weighted by Crippen LogP contribution is -2.30. The van der Waals surface area contributed by atoms with Crippen molar-refractivity contribution in [1.82, 2.24) is 9.80 Å². The quantitative estimate of drug-likeness (QED) is 0.788. The molecule has 0 aliphatic rings. The molecule has 0 atom stereocenters. The molecule has 2 rings (SSSR count). The van der Waals surface area contributed by atoms with E-state index in [1.54, 1.807) is 29.2 Å². The first-order valence-electron chi connectivity index (χ1n) is 8.86. The maximum Gasteiger partial charge on any atom is 0.253 e. The van der Waals surface area contributed by atoms with Crippen molar-refractivity contribution in [2.24, 2.45) is 0 Å². The van der Waals surface area contributed by atoms with Crippen LogP contribution in [0, 0.1) is 6.92 Å². The van der Waals surface area contributed by atoms with Crippen molar-refractivity contribution < 1.29 is 14.0 Å². The van der Waals surface area contributed by atoms with E-state index in [4.69, 9.17) is 4.42 Å². The van der Waals surface area contributed by atoms with E-state index in [1.807, 2.05) is 44.9 Å². The molecule has 6 heteroatoms. The number of nitrogens with one attached hydrogen (secondary N) is 1. The molecule has 6 nitrogen and oxygen atoms in total. The third-order valence-electron chi connectivity index (χ3n) is 4.10. The normalized spacial score (nSPS) is 10.8. The van der Waals surface area contributed by atoms with Gasteiger partial charge in [-0.3, -0.25) is 14.5 Å². The summed E-state index contributed by atoms with van der Waals surface area (Å²) >= 11 is 0. The molecule has 140 valence electrons. The van der Waals surface area contributed by atoms with Crippen molar-refractivity contribution >= 4 is 17.5 Å². The number of nitrogens with zero attached hydrogens (tertiary/aromatic N) is 2. The van der Waals surface area contributed by atoms with Crippen LogP contribution in [0.2, 0.25) is 0 Å². The Bertz CT molecular complexity index is 733. The first kappa shape index (κ1) is 19.7. The fourth-order valence-corrected chi connectivity index (χ4v) is 2.73. The van der Waals surface area contributed by atoms with Gasteiger partial charge in [-0.1, -0.05) is 0 Å². The zero-order chi connectivity index (χ0) is 19.1. The molecule has 0 unspecified atom stereocenters. The first-order valence-corrected chi connectivity index (χ1v) is 8.86. The van der Waals surface area contributed by atoms with Crippen LogP contribution < -0.4 is 5.32 Å². The lowest BCUT2D eigenvalue weighted by Gasteiger charge is -2.19. The maximum atomic E-state index is 12.3. The molecule has 0 saturated carbocycles. The number of hydrogen-bond donors (Lipinski definition) is 1. The molecule has 1 N–H and O–H groups in total. The molecule has 1 aromatic heterocycles. The Labute approximate surface area is 154 Å². The van der Waals surface area contributed by atoms with Crippen LogP contribution in [0.4, 0.5) is 5.69 Å². The summed E-state index contributed by atoms with van der Waals surface area (Å²) in [6.45, 7) is 7.97. The van der Waals surface area contributed by atoms with E-state index in [9.17, 15) is 9.59 Å². The minimum absolute atomic E-state index is 0.00125. The average Bonchev–Trinajstić information content (AvgIpc) is 3.01. The highest BCUT2D eigenvalue weighted by Crippen LogP contribution is 2.12. The second-order valence-electron chi connectivity index (χ2n) is 6.29. The third-order valence-corrected chi connectivity index (χ3v) is 4.10. The zero-order valence-electron chi connectivity index (χ0n) is 15.9. The summed E-state index contributed by atoms with van der Waals surface area (Å²) in [5.74, 6) is 1.58. The van der Waals surface area contributed by atoms with Gasteiger partial charge in [-0.05, 0) is 64.2 Å². The number of likely N-dealkylation sites (N-methyl/N-ethyl adjacent to an activating group) is 1. The second kappa shape index (κ2) is 9.20. The summed E-state index contributed by atoms with van der Waals surface area (Å²) in [6.07, 6.45) is 0. The van der Waals surface area contributed by atoms with Gasteiger partial charge in [0.05, 0.1) is 13.1 Å². The summed E-state index contributed by atoms with van der Waals surface area (Å²) in [5.41, 5.74) is 1.30. The van der Waals surface area contributed by atoms with Gasteiger partial charge in [0, 0.05) is 24.3 Å². The highest BCUT2D eigenvalue weighted by molar-refractivity contribution is 5.96. The molecule has 2 amide bonds. The first-order chi connectivity index (χ1) is 12.4. The molecule has 0 bridgehead atoms. The van der Waals surface area contributed by atoms with Crippen LogP contribution in [-0.2, 0) is 11.3 Å². The Balaban J connectivity index is 1.87. The van der Waals surface area contributed by atoms with Gasteiger partial charge in [0.2, 0.25) is 5.91 Å². The van der Waals surface area contributed by atoms with E-state index in [0.717, 1.165) is 11.5 Å². The number of anilines is 1. The molecule has 0 radical (unpaired) electrons. The van der Waals surface area contributed by atoms with Crippen molar-refractivity contribution in [3.8, 4) is 0 Å².